The van der Waals surface area contributed by atoms with E-state index in [-0.39, 0.29) is 18.2 Å². The molecule has 57 heavy (non-hydrogen) atoms. The van der Waals surface area contributed by atoms with Crippen LogP contribution in [0.3, 0.4) is 0 Å². The molecule has 7 nitrogen and oxygen atoms in total. The first-order chi connectivity index (χ1) is 28.2. The topological polar surface area (TPSA) is 76.6 Å². The van der Waals surface area contributed by atoms with Gasteiger partial charge in [-0.15, -0.1) is 0 Å². The number of amidine groups is 1. The molecule has 0 radical (unpaired) electrons. The molecule has 0 fully saturated rings. The number of allylic oxidation sites excluding steroid dienone is 1. The number of aliphatic imine (C=N–C) groups is 1. The minimum absolute atomic E-state index is 0.158. The van der Waals surface area contributed by atoms with Crippen LogP contribution in [0.1, 0.15) is 54.2 Å². The number of nitrogens with one attached hydrogen (secondary N) is 2. The second-order valence-corrected chi connectivity index (χ2v) is 15.3. The van der Waals surface area contributed by atoms with Crippen LogP contribution in [-0.4, -0.2) is 15.4 Å². The number of fused-ring (bicyclic) bond motifs is 9. The van der Waals surface area contributed by atoms with Gasteiger partial charge in [0.1, 0.15) is 35.2 Å². The van der Waals surface area contributed by atoms with Crippen LogP contribution in [0.4, 0.5) is 0 Å². The fourth-order valence-corrected chi connectivity index (χ4v) is 9.27. The Kier molecular flexibility index (Phi) is 7.25. The summed E-state index contributed by atoms with van der Waals surface area (Å²) >= 11 is 0. The maximum Gasteiger partial charge on any atom is 0.227 e. The van der Waals surface area contributed by atoms with E-state index in [2.05, 4.69) is 143 Å². The van der Waals surface area contributed by atoms with Gasteiger partial charge in [0.25, 0.3) is 0 Å². The van der Waals surface area contributed by atoms with Crippen LogP contribution >= 0.6 is 0 Å². The molecule has 3 atom stereocenters. The minimum Gasteiger partial charge on any atom is -0.460 e. The molecule has 9 aromatic rings. The summed E-state index contributed by atoms with van der Waals surface area (Å²) in [6.07, 6.45) is 2.58. The van der Waals surface area contributed by atoms with E-state index in [1.165, 1.54) is 21.9 Å². The number of rotatable bonds is 5. The summed E-state index contributed by atoms with van der Waals surface area (Å²) in [7, 11) is 0. The first kappa shape index (κ1) is 32.3. The molecule has 2 aliphatic heterocycles. The van der Waals surface area contributed by atoms with Gasteiger partial charge in [-0.1, -0.05) is 103 Å². The third-order valence-corrected chi connectivity index (χ3v) is 11.9. The van der Waals surface area contributed by atoms with Gasteiger partial charge in [0.15, 0.2) is 5.58 Å². The molecule has 7 heteroatoms. The molecule has 274 valence electrons. The van der Waals surface area contributed by atoms with E-state index in [4.69, 9.17) is 19.1 Å². The van der Waals surface area contributed by atoms with Gasteiger partial charge in [0, 0.05) is 39.1 Å². The normalized spacial score (nSPS) is 19.1. The summed E-state index contributed by atoms with van der Waals surface area (Å²) in [5.41, 5.74) is 10.3. The summed E-state index contributed by atoms with van der Waals surface area (Å²) < 4.78 is 15.7. The Morgan fingerprint density at radius 2 is 1.46 bits per heavy atom. The number of aromatic nitrogens is 2. The molecule has 3 aliphatic rings. The molecule has 0 spiro atoms. The summed E-state index contributed by atoms with van der Waals surface area (Å²) in [5, 5.41) is 12.3. The highest BCUT2D eigenvalue weighted by Gasteiger charge is 2.37. The van der Waals surface area contributed by atoms with Gasteiger partial charge in [-0.3, -0.25) is 5.32 Å². The second-order valence-electron chi connectivity index (χ2n) is 15.3. The molecule has 0 bridgehead atoms. The van der Waals surface area contributed by atoms with Gasteiger partial charge in [-0.2, -0.15) is 0 Å². The predicted molar refractivity (Wildman–Crippen MR) is 228 cm³/mol. The number of benzene rings is 7. The Morgan fingerprint density at radius 3 is 2.33 bits per heavy atom. The second kappa shape index (κ2) is 12.8. The lowest BCUT2D eigenvalue weighted by Crippen LogP contribution is -2.45. The minimum atomic E-state index is -0.326. The average molecular weight is 740 g/mol. The highest BCUT2D eigenvalue weighted by molar-refractivity contribution is 6.19. The molecule has 2 N–H and O–H groups in total. The van der Waals surface area contributed by atoms with Crippen molar-refractivity contribution in [1.29, 1.82) is 0 Å². The van der Waals surface area contributed by atoms with Crippen LogP contribution in [0, 0.1) is 0 Å². The van der Waals surface area contributed by atoms with Gasteiger partial charge < -0.3 is 19.0 Å². The Bertz CT molecular complexity index is 3110. The molecule has 0 amide bonds. The van der Waals surface area contributed by atoms with Crippen LogP contribution in [0.5, 0.6) is 5.75 Å². The molecular weight excluding hydrogens is 703 g/mol. The van der Waals surface area contributed by atoms with E-state index >= 15 is 0 Å². The van der Waals surface area contributed by atoms with Gasteiger partial charge in [-0.05, 0) is 95.8 Å². The zero-order chi connectivity index (χ0) is 37.5. The number of hydrogen-bond donors (Lipinski definition) is 2. The quantitative estimate of drug-likeness (QED) is 0.184. The maximum atomic E-state index is 6.71. The molecule has 3 unspecified atom stereocenters. The van der Waals surface area contributed by atoms with Gasteiger partial charge >= 0.3 is 0 Å². The van der Waals surface area contributed by atoms with Gasteiger partial charge in [0.2, 0.25) is 5.89 Å². The fraction of sp³-hybridized carbons (Fsp3) is 0.120. The lowest BCUT2D eigenvalue weighted by molar-refractivity contribution is 0.386. The highest BCUT2D eigenvalue weighted by Crippen LogP contribution is 2.48. The third-order valence-electron chi connectivity index (χ3n) is 11.9. The van der Waals surface area contributed by atoms with E-state index in [1.54, 1.807) is 0 Å². The summed E-state index contributed by atoms with van der Waals surface area (Å²) in [6, 6.07) is 55.4. The maximum absolute atomic E-state index is 6.71. The van der Waals surface area contributed by atoms with E-state index in [0.29, 0.717) is 5.89 Å². The molecule has 2 aromatic heterocycles. The van der Waals surface area contributed by atoms with E-state index in [1.807, 2.05) is 30.3 Å². The van der Waals surface area contributed by atoms with Gasteiger partial charge in [0.05, 0.1) is 11.0 Å². The van der Waals surface area contributed by atoms with Crippen molar-refractivity contribution in [1.82, 2.24) is 20.2 Å². The van der Waals surface area contributed by atoms with Crippen molar-refractivity contribution in [2.75, 3.05) is 0 Å². The molecule has 7 aromatic carbocycles. The van der Waals surface area contributed by atoms with Crippen LogP contribution < -0.4 is 15.4 Å². The Balaban J connectivity index is 1.04. The number of nitrogens with zero attached hydrogens (tertiary/aromatic N) is 3. The molecule has 0 saturated carbocycles. The molecule has 12 rings (SSSR count). The lowest BCUT2D eigenvalue weighted by atomic mass is 9.84. The van der Waals surface area contributed by atoms with Crippen molar-refractivity contribution in [3.63, 3.8) is 0 Å². The van der Waals surface area contributed by atoms with Crippen molar-refractivity contribution in [2.24, 2.45) is 4.99 Å². The Labute approximate surface area is 329 Å². The predicted octanol–water partition coefficient (Wildman–Crippen LogP) is 11.6. The zero-order valence-corrected chi connectivity index (χ0v) is 31.0. The van der Waals surface area contributed by atoms with Crippen molar-refractivity contribution >= 4 is 49.5 Å². The van der Waals surface area contributed by atoms with Crippen LogP contribution in [0.2, 0.25) is 0 Å². The SMILES string of the molecule is c1ccc(-c2nc3ccc4c5cc6ccccc6cc5n(-c5cccc(C6N=C(C7=C8Oc9ccccc9C8CCC7)NC(c7ccccc7)N6)c5)c4c3o2)cc1. The zero-order valence-electron chi connectivity index (χ0n) is 31.0. The number of para-hydroxylation sites is 1. The molecular formula is C50H37N5O2. The van der Waals surface area contributed by atoms with Crippen LogP contribution in [0.15, 0.2) is 178 Å². The average Bonchev–Trinajstić information content (AvgIpc) is 3.98. The summed E-state index contributed by atoms with van der Waals surface area (Å²) in [6.45, 7) is 0. The largest absolute Gasteiger partial charge is 0.460 e. The number of hydrogen-bond acceptors (Lipinski definition) is 6. The smallest absolute Gasteiger partial charge is 0.227 e. The molecule has 1 aliphatic carbocycles. The van der Waals surface area contributed by atoms with Crippen molar-refractivity contribution in [3.05, 3.63) is 186 Å². The lowest BCUT2D eigenvalue weighted by Gasteiger charge is -2.34. The van der Waals surface area contributed by atoms with E-state index < -0.39 is 0 Å². The van der Waals surface area contributed by atoms with E-state index in [9.17, 15) is 0 Å². The summed E-state index contributed by atoms with van der Waals surface area (Å²) in [5.74, 6) is 3.76. The fourth-order valence-electron chi connectivity index (χ4n) is 9.27. The third kappa shape index (κ3) is 5.23. The number of ether oxygens (including phenoxy) is 1. The summed E-state index contributed by atoms with van der Waals surface area (Å²) in [4.78, 5) is 10.4. The monoisotopic (exact) mass is 739 g/mol. The first-order valence-electron chi connectivity index (χ1n) is 19.8. The standard InChI is InChI=1S/C50H37N5O2/c1-3-13-30(14-4-1)47-52-48(54-49(53-47)39-23-12-22-38-36-21-9-10-24-43(36)56-45(38)39)34-19-11-20-35(27-34)55-42-29-33-18-8-7-17-32(33)28-40(42)37-25-26-41-46(44(37)55)57-50(51-41)31-15-5-2-6-16-31/h1-11,13-21,24-29,38,47-48,52H,12,22-23H2,(H,53,54). The molecule has 0 saturated heterocycles. The Morgan fingerprint density at radius 1 is 0.684 bits per heavy atom. The highest BCUT2D eigenvalue weighted by atomic mass is 16.5. The van der Waals surface area contributed by atoms with E-state index in [0.717, 1.165) is 91.9 Å². The van der Waals surface area contributed by atoms with Crippen molar-refractivity contribution < 1.29 is 9.15 Å². The van der Waals surface area contributed by atoms with Crippen LogP contribution in [-0.2, 0) is 0 Å². The van der Waals surface area contributed by atoms with Crippen molar-refractivity contribution in [3.8, 4) is 22.9 Å². The first-order valence-corrected chi connectivity index (χ1v) is 19.8. The van der Waals surface area contributed by atoms with Crippen LogP contribution in [0.25, 0.3) is 60.8 Å². The molecule has 4 heterocycles. The Hall–Kier alpha value is -6.96. The number of oxazole rings is 1. The van der Waals surface area contributed by atoms with Gasteiger partial charge in [-0.25, -0.2) is 9.98 Å². The van der Waals surface area contributed by atoms with Crippen molar-refractivity contribution in [2.45, 2.75) is 37.5 Å².